The van der Waals surface area contributed by atoms with Crippen LogP contribution in [-0.4, -0.2) is 0 Å². The first-order valence-corrected chi connectivity index (χ1v) is 17.2. The Morgan fingerprint density at radius 2 is 1.30 bits per heavy atom. The number of rotatable bonds is 3. The average molecular weight is 601 g/mol. The Morgan fingerprint density at radius 3 is 2.15 bits per heavy atom. The lowest BCUT2D eigenvalue weighted by Gasteiger charge is -2.25. The van der Waals surface area contributed by atoms with Gasteiger partial charge in [-0.25, -0.2) is 0 Å². The van der Waals surface area contributed by atoms with Crippen molar-refractivity contribution >= 4 is 28.5 Å². The Morgan fingerprint density at radius 1 is 0.553 bits per heavy atom. The first kappa shape index (κ1) is 27.0. The second-order valence-electron chi connectivity index (χ2n) is 14.3. The highest BCUT2D eigenvalue weighted by atomic mass is 14.4. The molecule has 4 aliphatic carbocycles. The molecule has 0 spiro atoms. The summed E-state index contributed by atoms with van der Waals surface area (Å²) in [7, 11) is 0. The summed E-state index contributed by atoms with van der Waals surface area (Å²) in [5.74, 6) is 0. The number of aryl methyl sites for hydroxylation is 1. The zero-order chi connectivity index (χ0) is 31.3. The molecule has 0 fully saturated rings. The Hall–Kier alpha value is -5.20. The molecule has 0 aliphatic heterocycles. The van der Waals surface area contributed by atoms with E-state index in [1.165, 1.54) is 99.8 Å². The molecule has 0 saturated carbocycles. The molecule has 10 rings (SSSR count). The molecule has 6 aromatic carbocycles. The lowest BCUT2D eigenvalue weighted by Crippen LogP contribution is -2.15. The van der Waals surface area contributed by atoms with Gasteiger partial charge < -0.3 is 0 Å². The molecule has 4 aliphatic rings. The largest absolute Gasteiger partial charge is 0.0836 e. The van der Waals surface area contributed by atoms with Crippen molar-refractivity contribution in [3.05, 3.63) is 160 Å². The molecular formula is C47H36. The monoisotopic (exact) mass is 600 g/mol. The summed E-state index contributed by atoms with van der Waals surface area (Å²) in [6.45, 7) is 4.80. The van der Waals surface area contributed by atoms with Gasteiger partial charge in [0.15, 0.2) is 0 Å². The van der Waals surface area contributed by atoms with Crippen LogP contribution in [0.4, 0.5) is 0 Å². The van der Waals surface area contributed by atoms with E-state index < -0.39 is 0 Å². The molecule has 0 nitrogen and oxygen atoms in total. The van der Waals surface area contributed by atoms with Crippen molar-refractivity contribution in [3.63, 3.8) is 0 Å². The molecular weight excluding hydrogens is 565 g/mol. The number of fused-ring (bicyclic) bond motifs is 4. The fraction of sp³-hybridized carbons (Fsp3) is 0.149. The normalized spacial score (nSPS) is 16.1. The maximum absolute atomic E-state index is 2.48. The second kappa shape index (κ2) is 9.90. The van der Waals surface area contributed by atoms with E-state index in [9.17, 15) is 0 Å². The van der Waals surface area contributed by atoms with Crippen LogP contribution >= 0.6 is 0 Å². The highest BCUT2D eigenvalue weighted by Gasteiger charge is 2.36. The van der Waals surface area contributed by atoms with Gasteiger partial charge in [-0.3, -0.25) is 0 Å². The van der Waals surface area contributed by atoms with E-state index in [0.717, 1.165) is 25.7 Å². The van der Waals surface area contributed by atoms with Crippen LogP contribution in [-0.2, 0) is 18.3 Å². The minimum atomic E-state index is -0.0902. The van der Waals surface area contributed by atoms with Crippen LogP contribution in [0, 0.1) is 0 Å². The predicted octanol–water partition coefficient (Wildman–Crippen LogP) is 12.5. The van der Waals surface area contributed by atoms with Crippen LogP contribution in [0.5, 0.6) is 0 Å². The highest BCUT2D eigenvalue weighted by molar-refractivity contribution is 6.08. The summed E-state index contributed by atoms with van der Waals surface area (Å²) >= 11 is 0. The van der Waals surface area contributed by atoms with Gasteiger partial charge in [-0.15, -0.1) is 0 Å². The van der Waals surface area contributed by atoms with Gasteiger partial charge in [-0.1, -0.05) is 135 Å². The van der Waals surface area contributed by atoms with Gasteiger partial charge >= 0.3 is 0 Å². The second-order valence-corrected chi connectivity index (χ2v) is 14.3. The number of hydrogen-bond acceptors (Lipinski definition) is 0. The molecule has 0 heterocycles. The zero-order valence-electron chi connectivity index (χ0n) is 27.0. The Labute approximate surface area is 277 Å². The van der Waals surface area contributed by atoms with E-state index in [1.54, 1.807) is 0 Å². The van der Waals surface area contributed by atoms with Crippen LogP contribution < -0.4 is 0 Å². The summed E-state index contributed by atoms with van der Waals surface area (Å²) in [5.41, 5.74) is 21.9. The van der Waals surface area contributed by atoms with Crippen molar-refractivity contribution in [2.75, 3.05) is 0 Å². The van der Waals surface area contributed by atoms with Gasteiger partial charge in [-0.05, 0) is 138 Å². The van der Waals surface area contributed by atoms with E-state index in [-0.39, 0.29) is 5.41 Å². The summed E-state index contributed by atoms with van der Waals surface area (Å²) in [5, 5.41) is 2.84. The quantitative estimate of drug-likeness (QED) is 0.190. The molecule has 0 atom stereocenters. The number of benzene rings is 6. The Kier molecular flexibility index (Phi) is 5.68. The van der Waals surface area contributed by atoms with Crippen LogP contribution in [0.15, 0.2) is 121 Å². The van der Waals surface area contributed by atoms with Crippen LogP contribution in [0.2, 0.25) is 0 Å². The third kappa shape index (κ3) is 3.94. The summed E-state index contributed by atoms with van der Waals surface area (Å²) in [6.07, 6.45) is 16.0. The van der Waals surface area contributed by atoms with E-state index in [4.69, 9.17) is 0 Å². The van der Waals surface area contributed by atoms with E-state index in [1.807, 2.05) is 0 Å². The lowest BCUT2D eigenvalue weighted by atomic mass is 9.78. The zero-order valence-corrected chi connectivity index (χ0v) is 27.0. The van der Waals surface area contributed by atoms with Gasteiger partial charge in [0.25, 0.3) is 0 Å². The molecule has 224 valence electrons. The van der Waals surface area contributed by atoms with Crippen LogP contribution in [0.1, 0.15) is 65.6 Å². The molecule has 0 N–H and O–H groups in total. The maximum Gasteiger partial charge on any atom is 0.0159 e. The minimum Gasteiger partial charge on any atom is -0.0836 e. The van der Waals surface area contributed by atoms with Crippen molar-refractivity contribution in [1.29, 1.82) is 0 Å². The fourth-order valence-electron chi connectivity index (χ4n) is 8.92. The van der Waals surface area contributed by atoms with Gasteiger partial charge in [0, 0.05) is 5.41 Å². The van der Waals surface area contributed by atoms with Gasteiger partial charge in [0.2, 0.25) is 0 Å². The molecule has 6 aromatic rings. The number of allylic oxidation sites excluding steroid dienone is 4. The maximum atomic E-state index is 2.48. The lowest BCUT2D eigenvalue weighted by molar-refractivity contribution is 0.661. The first-order chi connectivity index (χ1) is 23.0. The third-order valence-corrected chi connectivity index (χ3v) is 11.4. The third-order valence-electron chi connectivity index (χ3n) is 11.4. The van der Waals surface area contributed by atoms with Crippen molar-refractivity contribution < 1.29 is 0 Å². The minimum absolute atomic E-state index is 0.0902. The molecule has 0 saturated heterocycles. The van der Waals surface area contributed by atoms with Gasteiger partial charge in [0.05, 0.1) is 0 Å². The molecule has 0 radical (unpaired) electrons. The molecule has 0 unspecified atom stereocenters. The summed E-state index contributed by atoms with van der Waals surface area (Å²) in [6, 6.07) is 39.7. The fourth-order valence-corrected chi connectivity index (χ4v) is 8.92. The van der Waals surface area contributed by atoms with E-state index >= 15 is 0 Å². The van der Waals surface area contributed by atoms with Crippen molar-refractivity contribution in [1.82, 2.24) is 0 Å². The molecule has 0 bridgehead atoms. The summed E-state index contributed by atoms with van der Waals surface area (Å²) < 4.78 is 0. The predicted molar refractivity (Wildman–Crippen MR) is 201 cm³/mol. The van der Waals surface area contributed by atoms with Crippen molar-refractivity contribution in [3.8, 4) is 44.5 Å². The molecule has 0 aromatic heterocycles. The molecule has 47 heavy (non-hydrogen) atoms. The van der Waals surface area contributed by atoms with E-state index in [0.29, 0.717) is 0 Å². The number of hydrogen-bond donors (Lipinski definition) is 0. The topological polar surface area (TPSA) is 0 Å². The van der Waals surface area contributed by atoms with Crippen molar-refractivity contribution in [2.24, 2.45) is 0 Å². The van der Waals surface area contributed by atoms with Crippen LogP contribution in [0.25, 0.3) is 73.0 Å². The molecule has 0 heteroatoms. The van der Waals surface area contributed by atoms with Crippen LogP contribution in [0.3, 0.4) is 0 Å². The first-order valence-electron chi connectivity index (χ1n) is 17.2. The highest BCUT2D eigenvalue weighted by Crippen LogP contribution is 2.51. The average Bonchev–Trinajstić information content (AvgIpc) is 3.35. The smallest absolute Gasteiger partial charge is 0.0159 e. The van der Waals surface area contributed by atoms with Gasteiger partial charge in [-0.2, -0.15) is 0 Å². The Bertz CT molecular complexity index is 2400. The van der Waals surface area contributed by atoms with Crippen molar-refractivity contribution in [2.45, 2.75) is 44.9 Å². The van der Waals surface area contributed by atoms with E-state index in [2.05, 4.69) is 147 Å². The SMILES string of the molecule is CC1(C)c2cc(-c3ccc(-c4cccc5c4C=CCC5)cc3)ccc2-c2ccc(-c3ccc4c5c6c(ccc35)C=CCC6=CC4)cc21. The molecule has 0 amide bonds. The van der Waals surface area contributed by atoms with Gasteiger partial charge in [0.1, 0.15) is 0 Å². The standard InChI is InChI=1S/C47H36/c1-47(2)43-27-35(29-13-15-31(16-14-29)38-12-6-8-30-7-3-4-11-37(30)38)21-24-40(43)41-25-22-36(28-44(41)47)39-23-19-34-18-17-32-9-5-10-33-20-26-42(39)46(34)45(32)33/h4-6,8,10-17,19-28H,3,7,9,18H2,1-2H3. The Balaban J connectivity index is 1.02. The summed E-state index contributed by atoms with van der Waals surface area (Å²) in [4.78, 5) is 0.